The first-order chi connectivity index (χ1) is 14.1. The van der Waals surface area contributed by atoms with E-state index in [-0.39, 0.29) is 31.0 Å². The van der Waals surface area contributed by atoms with Gasteiger partial charge in [-0.2, -0.15) is 0 Å². The molecule has 0 spiro atoms. The number of carbonyl (C=O) groups excluding carboxylic acids is 3. The number of nitrogens with zero attached hydrogens (tertiary/aromatic N) is 1. The van der Waals surface area contributed by atoms with Gasteiger partial charge in [0.25, 0.3) is 11.8 Å². The summed E-state index contributed by atoms with van der Waals surface area (Å²) in [5.74, 6) is 0.0947. The second kappa shape index (κ2) is 12.6. The van der Waals surface area contributed by atoms with E-state index in [1.807, 2.05) is 0 Å². The number of fused-ring (bicyclic) bond motifs is 1. The third kappa shape index (κ3) is 8.82. The number of ether oxygens (including phenoxy) is 3. The zero-order chi connectivity index (χ0) is 20.9. The van der Waals surface area contributed by atoms with Gasteiger partial charge in [0.15, 0.2) is 24.7 Å². The fourth-order valence-corrected chi connectivity index (χ4v) is 2.83. The van der Waals surface area contributed by atoms with Gasteiger partial charge in [0.2, 0.25) is 0 Å². The van der Waals surface area contributed by atoms with Gasteiger partial charge in [0, 0.05) is 19.6 Å². The number of hydrogen-bond donors (Lipinski definition) is 2. The Morgan fingerprint density at radius 3 is 2.00 bits per heavy atom. The van der Waals surface area contributed by atoms with Crippen molar-refractivity contribution in [1.29, 1.82) is 0 Å². The van der Waals surface area contributed by atoms with Crippen molar-refractivity contribution in [2.24, 2.45) is 0 Å². The Kier molecular flexibility index (Phi) is 9.77. The van der Waals surface area contributed by atoms with Gasteiger partial charge in [-0.25, -0.2) is 0 Å². The molecule has 0 aliphatic carbocycles. The number of hydrogen-bond acceptors (Lipinski definition) is 7. The van der Waals surface area contributed by atoms with Gasteiger partial charge in [-0.05, 0) is 38.1 Å². The van der Waals surface area contributed by atoms with Gasteiger partial charge in [-0.15, -0.1) is 0 Å². The Hall–Kier alpha value is -2.81. The highest BCUT2D eigenvalue weighted by molar-refractivity contribution is 5.78. The van der Waals surface area contributed by atoms with Crippen molar-refractivity contribution in [2.75, 3.05) is 53.0 Å². The number of methoxy groups -OCH3 is 1. The summed E-state index contributed by atoms with van der Waals surface area (Å²) >= 11 is 0. The van der Waals surface area contributed by atoms with Crippen LogP contribution in [0.1, 0.15) is 19.3 Å². The van der Waals surface area contributed by atoms with E-state index in [0.29, 0.717) is 37.6 Å². The van der Waals surface area contributed by atoms with Gasteiger partial charge in [0.05, 0.1) is 13.5 Å². The lowest BCUT2D eigenvalue weighted by molar-refractivity contribution is -0.141. The van der Waals surface area contributed by atoms with Crippen LogP contribution in [-0.2, 0) is 19.1 Å². The average molecular weight is 407 g/mol. The maximum absolute atomic E-state index is 12.0. The van der Waals surface area contributed by atoms with Crippen molar-refractivity contribution in [3.63, 3.8) is 0 Å². The molecule has 1 aliphatic heterocycles. The first-order valence-corrected chi connectivity index (χ1v) is 9.75. The van der Waals surface area contributed by atoms with E-state index in [4.69, 9.17) is 14.2 Å². The molecule has 0 bridgehead atoms. The lowest BCUT2D eigenvalue weighted by atomic mass is 10.3. The summed E-state index contributed by atoms with van der Waals surface area (Å²) in [5, 5.41) is 5.64. The fourth-order valence-electron chi connectivity index (χ4n) is 2.83. The minimum absolute atomic E-state index is 0.140. The van der Waals surface area contributed by atoms with Gasteiger partial charge in [0.1, 0.15) is 0 Å². The molecular formula is C20H29N3O6. The molecule has 1 aromatic carbocycles. The third-order valence-corrected chi connectivity index (χ3v) is 4.37. The van der Waals surface area contributed by atoms with Crippen molar-refractivity contribution in [1.82, 2.24) is 15.5 Å². The zero-order valence-corrected chi connectivity index (χ0v) is 16.8. The minimum Gasteiger partial charge on any atom is -0.480 e. The van der Waals surface area contributed by atoms with E-state index in [2.05, 4.69) is 15.5 Å². The van der Waals surface area contributed by atoms with E-state index in [9.17, 15) is 14.4 Å². The molecule has 0 saturated carbocycles. The minimum atomic E-state index is -0.260. The summed E-state index contributed by atoms with van der Waals surface area (Å²) < 4.78 is 15.8. The van der Waals surface area contributed by atoms with E-state index in [0.717, 1.165) is 25.9 Å². The summed E-state index contributed by atoms with van der Waals surface area (Å²) in [7, 11) is 1.37. The van der Waals surface area contributed by atoms with Crippen LogP contribution in [0.15, 0.2) is 24.3 Å². The Morgan fingerprint density at radius 2 is 1.52 bits per heavy atom. The predicted molar refractivity (Wildman–Crippen MR) is 106 cm³/mol. The van der Waals surface area contributed by atoms with E-state index in [1.54, 1.807) is 24.3 Å². The summed E-state index contributed by atoms with van der Waals surface area (Å²) in [6, 6.07) is 6.92. The molecule has 1 heterocycles. The summed E-state index contributed by atoms with van der Waals surface area (Å²) in [6.07, 6.45) is 1.77. The van der Waals surface area contributed by atoms with Crippen LogP contribution < -0.4 is 20.1 Å². The molecule has 160 valence electrons. The highest BCUT2D eigenvalue weighted by Gasteiger charge is 2.12. The molecule has 9 nitrogen and oxygen atoms in total. The quantitative estimate of drug-likeness (QED) is 0.696. The number of rotatable bonds is 3. The highest BCUT2D eigenvalue weighted by atomic mass is 16.5. The molecule has 0 fully saturated rings. The zero-order valence-electron chi connectivity index (χ0n) is 16.8. The summed E-state index contributed by atoms with van der Waals surface area (Å²) in [5.41, 5.74) is 0. The maximum atomic E-state index is 12.0. The number of esters is 1. The SMILES string of the molecule is COC(=O)CCN1CCCNC(=O)COc2ccccc2OCC(=O)NCCC1. The Balaban J connectivity index is 1.94. The van der Waals surface area contributed by atoms with Crippen molar-refractivity contribution >= 4 is 17.8 Å². The molecule has 0 saturated heterocycles. The van der Waals surface area contributed by atoms with E-state index in [1.165, 1.54) is 7.11 Å². The van der Waals surface area contributed by atoms with Crippen LogP contribution in [0.5, 0.6) is 11.5 Å². The van der Waals surface area contributed by atoms with Crippen molar-refractivity contribution in [2.45, 2.75) is 19.3 Å². The van der Waals surface area contributed by atoms with Gasteiger partial charge in [-0.1, -0.05) is 12.1 Å². The average Bonchev–Trinajstić information content (AvgIpc) is 2.74. The largest absolute Gasteiger partial charge is 0.480 e. The van der Waals surface area contributed by atoms with Gasteiger partial charge < -0.3 is 29.7 Å². The molecule has 0 unspecified atom stereocenters. The standard InChI is InChI=1S/C20H29N3O6/c1-27-20(26)8-13-23-11-4-9-21-18(24)14-28-16-6-2-3-7-17(16)29-15-19(25)22-10-5-12-23/h2-3,6-7H,4-5,8-15H2,1H3,(H,21,24)(H,22,25). The molecule has 2 rings (SSSR count). The van der Waals surface area contributed by atoms with Crippen LogP contribution in [-0.4, -0.2) is 75.7 Å². The molecule has 2 amide bonds. The number of para-hydroxylation sites is 2. The number of nitrogens with one attached hydrogen (secondary N) is 2. The van der Waals surface area contributed by atoms with Crippen molar-refractivity contribution < 1.29 is 28.6 Å². The first kappa shape index (κ1) is 22.5. The van der Waals surface area contributed by atoms with Crippen LogP contribution in [0.3, 0.4) is 0 Å². The van der Waals surface area contributed by atoms with Crippen LogP contribution in [0, 0.1) is 0 Å². The monoisotopic (exact) mass is 407 g/mol. The molecular weight excluding hydrogens is 378 g/mol. The molecule has 1 aliphatic rings. The second-order valence-electron chi connectivity index (χ2n) is 6.60. The molecule has 2 N–H and O–H groups in total. The lowest BCUT2D eigenvalue weighted by Crippen LogP contribution is -2.35. The third-order valence-electron chi connectivity index (χ3n) is 4.37. The van der Waals surface area contributed by atoms with Crippen LogP contribution in [0.4, 0.5) is 0 Å². The predicted octanol–water partition coefficient (Wildman–Crippen LogP) is 0.336. The lowest BCUT2D eigenvalue weighted by Gasteiger charge is -2.22. The van der Waals surface area contributed by atoms with Crippen LogP contribution >= 0.6 is 0 Å². The van der Waals surface area contributed by atoms with Crippen molar-refractivity contribution in [3.05, 3.63) is 24.3 Å². The van der Waals surface area contributed by atoms with Crippen LogP contribution in [0.25, 0.3) is 0 Å². The van der Waals surface area contributed by atoms with Gasteiger partial charge in [-0.3, -0.25) is 14.4 Å². The molecule has 0 atom stereocenters. The normalized spacial score (nSPS) is 17.6. The molecule has 9 heteroatoms. The topological polar surface area (TPSA) is 106 Å². The molecule has 1 aromatic rings. The summed E-state index contributed by atoms with van der Waals surface area (Å²) in [6.45, 7) is 2.74. The smallest absolute Gasteiger partial charge is 0.306 e. The second-order valence-corrected chi connectivity index (χ2v) is 6.60. The van der Waals surface area contributed by atoms with Crippen molar-refractivity contribution in [3.8, 4) is 11.5 Å². The molecule has 0 aromatic heterocycles. The van der Waals surface area contributed by atoms with Gasteiger partial charge >= 0.3 is 5.97 Å². The summed E-state index contributed by atoms with van der Waals surface area (Å²) in [4.78, 5) is 37.6. The molecule has 29 heavy (non-hydrogen) atoms. The van der Waals surface area contributed by atoms with Crippen LogP contribution in [0.2, 0.25) is 0 Å². The van der Waals surface area contributed by atoms with E-state index < -0.39 is 0 Å². The van der Waals surface area contributed by atoms with E-state index >= 15 is 0 Å². The number of carbonyl (C=O) groups is 3. The Morgan fingerprint density at radius 1 is 1.00 bits per heavy atom. The highest BCUT2D eigenvalue weighted by Crippen LogP contribution is 2.26. The maximum Gasteiger partial charge on any atom is 0.306 e. The number of benzene rings is 1. The Labute approximate surface area is 170 Å². The number of amides is 2. The first-order valence-electron chi connectivity index (χ1n) is 9.75. The Bertz CT molecular complexity index is 635. The molecule has 0 radical (unpaired) electrons. The fraction of sp³-hybridized carbons (Fsp3) is 0.550.